The molecule has 0 spiro atoms. The molecule has 3 aromatic heterocycles. The summed E-state index contributed by atoms with van der Waals surface area (Å²) in [5, 5.41) is 4.28. The smallest absolute Gasteiger partial charge is 0.174 e. The van der Waals surface area contributed by atoms with Crippen LogP contribution in [0.3, 0.4) is 0 Å². The molecule has 4 heterocycles. The molecular weight excluding hydrogens is 506 g/mol. The van der Waals surface area contributed by atoms with Crippen LogP contribution in [0.2, 0.25) is 0 Å². The fraction of sp³-hybridized carbons (Fsp3) is 0.222. The van der Waals surface area contributed by atoms with Gasteiger partial charge in [0.25, 0.3) is 0 Å². The first kappa shape index (κ1) is 22.7. The lowest BCUT2D eigenvalue weighted by Gasteiger charge is -2.28. The summed E-state index contributed by atoms with van der Waals surface area (Å²) in [6.07, 6.45) is 5.53. The number of pyridine rings is 2. The standard InChI is InChI=1S/C27H26BrN5S/c1-17-14-21(7-8-23(17)28)33-26(25(31-27(33)34)24-6-4-5-11-30-24)22-15-18(2)32(19(22)3)16-20-9-12-29-13-10-20/h4-15,25-26H,16H2,1-3H3,(H,31,34). The minimum absolute atomic E-state index is 0.0274. The third-order valence-corrected chi connectivity index (χ3v) is 7.74. The lowest BCUT2D eigenvalue weighted by atomic mass is 9.96. The first-order chi connectivity index (χ1) is 16.4. The van der Waals surface area contributed by atoms with E-state index in [1.807, 2.05) is 30.7 Å². The summed E-state index contributed by atoms with van der Waals surface area (Å²) < 4.78 is 3.45. The second-order valence-electron chi connectivity index (χ2n) is 8.70. The van der Waals surface area contributed by atoms with Crippen molar-refractivity contribution >= 4 is 38.9 Å². The van der Waals surface area contributed by atoms with Crippen molar-refractivity contribution in [3.63, 3.8) is 0 Å². The van der Waals surface area contributed by atoms with Crippen LogP contribution in [0.4, 0.5) is 5.69 Å². The average Bonchev–Trinajstić information content (AvgIpc) is 3.33. The second-order valence-corrected chi connectivity index (χ2v) is 9.94. The molecule has 172 valence electrons. The third kappa shape index (κ3) is 4.14. The molecule has 2 atom stereocenters. The Balaban J connectivity index is 1.63. The molecule has 1 aromatic carbocycles. The van der Waals surface area contributed by atoms with Gasteiger partial charge in [0.05, 0.1) is 17.8 Å². The minimum atomic E-state index is -0.0625. The van der Waals surface area contributed by atoms with Crippen LogP contribution in [-0.4, -0.2) is 19.6 Å². The highest BCUT2D eigenvalue weighted by molar-refractivity contribution is 9.10. The van der Waals surface area contributed by atoms with Crippen molar-refractivity contribution in [2.45, 2.75) is 39.4 Å². The Bertz CT molecular complexity index is 1340. The summed E-state index contributed by atoms with van der Waals surface area (Å²) >= 11 is 9.54. The van der Waals surface area contributed by atoms with Crippen LogP contribution in [0, 0.1) is 20.8 Å². The molecule has 1 saturated heterocycles. The van der Waals surface area contributed by atoms with Crippen LogP contribution in [0.15, 0.2) is 77.7 Å². The van der Waals surface area contributed by atoms with Gasteiger partial charge in [0, 0.05) is 46.7 Å². The van der Waals surface area contributed by atoms with E-state index < -0.39 is 0 Å². The zero-order valence-electron chi connectivity index (χ0n) is 19.4. The van der Waals surface area contributed by atoms with Crippen molar-refractivity contribution in [2.75, 3.05) is 4.90 Å². The first-order valence-electron chi connectivity index (χ1n) is 11.3. The van der Waals surface area contributed by atoms with Gasteiger partial charge in [-0.1, -0.05) is 22.0 Å². The van der Waals surface area contributed by atoms with Gasteiger partial charge in [-0.25, -0.2) is 0 Å². The van der Waals surface area contributed by atoms with Gasteiger partial charge < -0.3 is 14.8 Å². The number of nitrogens with zero attached hydrogens (tertiary/aromatic N) is 4. The number of hydrogen-bond acceptors (Lipinski definition) is 3. The van der Waals surface area contributed by atoms with Gasteiger partial charge in [-0.05, 0) is 98.2 Å². The van der Waals surface area contributed by atoms with Crippen LogP contribution in [0.25, 0.3) is 0 Å². The van der Waals surface area contributed by atoms with Gasteiger partial charge in [0.1, 0.15) is 0 Å². The highest BCUT2D eigenvalue weighted by Crippen LogP contribution is 2.43. The quantitative estimate of drug-likeness (QED) is 0.311. The maximum atomic E-state index is 5.90. The zero-order valence-corrected chi connectivity index (χ0v) is 21.8. The van der Waals surface area contributed by atoms with E-state index in [-0.39, 0.29) is 12.1 Å². The van der Waals surface area contributed by atoms with Crippen molar-refractivity contribution < 1.29 is 0 Å². The Morgan fingerprint density at radius 1 is 1.00 bits per heavy atom. The number of halogens is 1. The van der Waals surface area contributed by atoms with Crippen LogP contribution in [0.5, 0.6) is 0 Å². The molecule has 1 fully saturated rings. The summed E-state index contributed by atoms with van der Waals surface area (Å²) in [4.78, 5) is 11.1. The molecule has 0 radical (unpaired) electrons. The second kappa shape index (κ2) is 9.31. The maximum Gasteiger partial charge on any atom is 0.174 e. The molecule has 4 aromatic rings. The van der Waals surface area contributed by atoms with Crippen LogP contribution in [0.1, 0.15) is 45.9 Å². The van der Waals surface area contributed by atoms with Gasteiger partial charge in [-0.3, -0.25) is 9.97 Å². The predicted octanol–water partition coefficient (Wildman–Crippen LogP) is 6.19. The Morgan fingerprint density at radius 3 is 2.50 bits per heavy atom. The number of hydrogen-bond donors (Lipinski definition) is 1. The zero-order chi connectivity index (χ0) is 23.8. The van der Waals surface area contributed by atoms with Gasteiger partial charge in [0.2, 0.25) is 0 Å². The van der Waals surface area contributed by atoms with Gasteiger partial charge in [-0.15, -0.1) is 0 Å². The van der Waals surface area contributed by atoms with E-state index in [0.717, 1.165) is 22.4 Å². The Morgan fingerprint density at radius 2 is 1.79 bits per heavy atom. The van der Waals surface area contributed by atoms with E-state index in [1.54, 1.807) is 0 Å². The normalized spacial score (nSPS) is 17.8. The number of thiocarbonyl (C=S) groups is 1. The summed E-state index contributed by atoms with van der Waals surface area (Å²) in [7, 11) is 0. The third-order valence-electron chi connectivity index (χ3n) is 6.54. The fourth-order valence-corrected chi connectivity index (χ4v) is 5.36. The van der Waals surface area contributed by atoms with E-state index in [2.05, 4.69) is 104 Å². The molecule has 5 rings (SSSR count). The summed E-state index contributed by atoms with van der Waals surface area (Å²) in [5.41, 5.74) is 8.13. The molecule has 1 N–H and O–H groups in total. The monoisotopic (exact) mass is 531 g/mol. The summed E-state index contributed by atoms with van der Waals surface area (Å²) in [6.45, 7) is 7.27. The molecule has 0 bridgehead atoms. The fourth-order valence-electron chi connectivity index (χ4n) is 4.77. The topological polar surface area (TPSA) is 46.0 Å². The number of aromatic nitrogens is 3. The largest absolute Gasteiger partial charge is 0.351 e. The molecule has 0 amide bonds. The SMILES string of the molecule is Cc1cc(N2C(=S)NC(c3ccccn3)C2c2cc(C)n(Cc3ccncc3)c2C)ccc1Br. The van der Waals surface area contributed by atoms with Crippen molar-refractivity contribution in [2.24, 2.45) is 0 Å². The summed E-state index contributed by atoms with van der Waals surface area (Å²) in [5.74, 6) is 0. The van der Waals surface area contributed by atoms with E-state index in [1.165, 1.54) is 28.1 Å². The molecule has 0 aliphatic carbocycles. The minimum Gasteiger partial charge on any atom is -0.351 e. The van der Waals surface area contributed by atoms with Crippen molar-refractivity contribution in [1.82, 2.24) is 19.9 Å². The lowest BCUT2D eigenvalue weighted by molar-refractivity contribution is 0.563. The number of aryl methyl sites for hydroxylation is 2. The van der Waals surface area contributed by atoms with E-state index in [4.69, 9.17) is 12.2 Å². The molecule has 1 aliphatic rings. The van der Waals surface area contributed by atoms with Crippen molar-refractivity contribution in [3.05, 3.63) is 111 Å². The van der Waals surface area contributed by atoms with E-state index in [9.17, 15) is 0 Å². The van der Waals surface area contributed by atoms with Crippen LogP contribution >= 0.6 is 28.1 Å². The van der Waals surface area contributed by atoms with E-state index in [0.29, 0.717) is 5.11 Å². The number of anilines is 1. The molecule has 1 aliphatic heterocycles. The number of rotatable bonds is 5. The van der Waals surface area contributed by atoms with Crippen molar-refractivity contribution in [1.29, 1.82) is 0 Å². The number of nitrogens with one attached hydrogen (secondary N) is 1. The molecule has 2 unspecified atom stereocenters. The molecule has 5 nitrogen and oxygen atoms in total. The first-order valence-corrected chi connectivity index (χ1v) is 12.5. The van der Waals surface area contributed by atoms with Gasteiger partial charge in [0.15, 0.2) is 5.11 Å². The summed E-state index contributed by atoms with van der Waals surface area (Å²) in [6, 6.07) is 18.8. The molecule has 34 heavy (non-hydrogen) atoms. The Hall–Kier alpha value is -3.03. The maximum absolute atomic E-state index is 5.90. The average molecular weight is 533 g/mol. The highest BCUT2D eigenvalue weighted by atomic mass is 79.9. The predicted molar refractivity (Wildman–Crippen MR) is 144 cm³/mol. The van der Waals surface area contributed by atoms with E-state index >= 15 is 0 Å². The Kier molecular flexibility index (Phi) is 6.23. The molecule has 0 saturated carbocycles. The highest BCUT2D eigenvalue weighted by Gasteiger charge is 2.42. The number of benzene rings is 1. The lowest BCUT2D eigenvalue weighted by Crippen LogP contribution is -2.29. The van der Waals surface area contributed by atoms with Crippen LogP contribution in [-0.2, 0) is 6.54 Å². The van der Waals surface area contributed by atoms with Crippen molar-refractivity contribution in [3.8, 4) is 0 Å². The Labute approximate surface area is 214 Å². The van der Waals surface area contributed by atoms with Gasteiger partial charge in [-0.2, -0.15) is 0 Å². The van der Waals surface area contributed by atoms with Gasteiger partial charge >= 0.3 is 0 Å². The molecular formula is C27H26BrN5S. The molecule has 7 heteroatoms. The van der Waals surface area contributed by atoms with Crippen LogP contribution < -0.4 is 10.2 Å².